The van der Waals surface area contributed by atoms with Crippen molar-refractivity contribution in [2.24, 2.45) is 23.7 Å². The van der Waals surface area contributed by atoms with E-state index in [2.05, 4.69) is 79.7 Å². The SMILES string of the molecule is CC(C)COc1ccc(OCC(C)C)c2c(OCC(C)C)c3ccccc3c(OCC(C)C)c12. The predicted molar refractivity (Wildman–Crippen MR) is 143 cm³/mol. The summed E-state index contributed by atoms with van der Waals surface area (Å²) >= 11 is 0. The first-order chi connectivity index (χ1) is 16.2. The van der Waals surface area contributed by atoms with Crippen LogP contribution in [-0.4, -0.2) is 26.4 Å². The highest BCUT2D eigenvalue weighted by Gasteiger charge is 2.24. The third kappa shape index (κ3) is 6.28. The van der Waals surface area contributed by atoms with E-state index in [1.807, 2.05) is 12.1 Å². The minimum atomic E-state index is 0.395. The van der Waals surface area contributed by atoms with Crippen LogP contribution in [0.1, 0.15) is 55.4 Å². The predicted octanol–water partition coefficient (Wildman–Crippen LogP) is 8.13. The Bertz CT molecular complexity index is 996. The topological polar surface area (TPSA) is 36.9 Å². The Morgan fingerprint density at radius 2 is 0.794 bits per heavy atom. The second-order valence-corrected chi connectivity index (χ2v) is 10.8. The van der Waals surface area contributed by atoms with Gasteiger partial charge in [0.25, 0.3) is 0 Å². The fourth-order valence-electron chi connectivity index (χ4n) is 3.72. The third-order valence-corrected chi connectivity index (χ3v) is 5.27. The highest BCUT2D eigenvalue weighted by Crippen LogP contribution is 2.50. The van der Waals surface area contributed by atoms with Gasteiger partial charge in [-0.2, -0.15) is 0 Å². The van der Waals surface area contributed by atoms with E-state index < -0.39 is 0 Å². The highest BCUT2D eigenvalue weighted by atomic mass is 16.5. The van der Waals surface area contributed by atoms with Crippen LogP contribution in [0, 0.1) is 23.7 Å². The highest BCUT2D eigenvalue weighted by molar-refractivity contribution is 6.15. The molecule has 3 aromatic rings. The van der Waals surface area contributed by atoms with Crippen molar-refractivity contribution in [1.29, 1.82) is 0 Å². The molecule has 0 radical (unpaired) electrons. The van der Waals surface area contributed by atoms with Crippen molar-refractivity contribution in [3.63, 3.8) is 0 Å². The van der Waals surface area contributed by atoms with E-state index in [0.29, 0.717) is 50.1 Å². The minimum absolute atomic E-state index is 0.395. The number of benzene rings is 3. The number of fused-ring (bicyclic) bond motifs is 2. The molecule has 0 aromatic heterocycles. The molecule has 0 saturated carbocycles. The first-order valence-electron chi connectivity index (χ1n) is 12.7. The molecule has 4 nitrogen and oxygen atoms in total. The maximum Gasteiger partial charge on any atom is 0.139 e. The zero-order chi connectivity index (χ0) is 24.8. The van der Waals surface area contributed by atoms with Gasteiger partial charge in [-0.15, -0.1) is 0 Å². The summed E-state index contributed by atoms with van der Waals surface area (Å²) in [5.41, 5.74) is 0. The smallest absolute Gasteiger partial charge is 0.139 e. The van der Waals surface area contributed by atoms with Gasteiger partial charge in [0.1, 0.15) is 23.0 Å². The number of rotatable bonds is 12. The normalized spacial score (nSPS) is 11.9. The summed E-state index contributed by atoms with van der Waals surface area (Å²) in [4.78, 5) is 0. The van der Waals surface area contributed by atoms with Gasteiger partial charge in [-0.3, -0.25) is 0 Å². The maximum absolute atomic E-state index is 6.51. The summed E-state index contributed by atoms with van der Waals surface area (Å²) in [5.74, 6) is 4.89. The lowest BCUT2D eigenvalue weighted by Crippen LogP contribution is -2.11. The standard InChI is InChI=1S/C30H42O4/c1-19(2)15-31-25-13-14-26(32-16-20(3)4)28-27(25)29(33-17-21(5)6)23-11-9-10-12-24(23)30(28)34-18-22(7)8/h9-14,19-22H,15-18H2,1-8H3. The fourth-order valence-corrected chi connectivity index (χ4v) is 3.72. The van der Waals surface area contributed by atoms with Gasteiger partial charge in [0.15, 0.2) is 0 Å². The molecule has 0 aliphatic heterocycles. The van der Waals surface area contributed by atoms with Gasteiger partial charge >= 0.3 is 0 Å². The molecule has 0 N–H and O–H groups in total. The largest absolute Gasteiger partial charge is 0.493 e. The Morgan fingerprint density at radius 3 is 1.12 bits per heavy atom. The molecule has 34 heavy (non-hydrogen) atoms. The van der Waals surface area contributed by atoms with Gasteiger partial charge in [-0.25, -0.2) is 0 Å². The molecular formula is C30H42O4. The minimum Gasteiger partial charge on any atom is -0.493 e. The average molecular weight is 467 g/mol. The first-order valence-corrected chi connectivity index (χ1v) is 12.7. The van der Waals surface area contributed by atoms with E-state index in [-0.39, 0.29) is 0 Å². The molecule has 0 amide bonds. The van der Waals surface area contributed by atoms with Gasteiger partial charge in [0.05, 0.1) is 37.2 Å². The van der Waals surface area contributed by atoms with E-state index in [9.17, 15) is 0 Å². The Morgan fingerprint density at radius 1 is 0.471 bits per heavy atom. The van der Waals surface area contributed by atoms with Crippen LogP contribution in [0.5, 0.6) is 23.0 Å². The zero-order valence-electron chi connectivity index (χ0n) is 22.2. The van der Waals surface area contributed by atoms with E-state index >= 15 is 0 Å². The van der Waals surface area contributed by atoms with Crippen molar-refractivity contribution >= 4 is 21.5 Å². The van der Waals surface area contributed by atoms with E-state index in [1.54, 1.807) is 0 Å². The summed E-state index contributed by atoms with van der Waals surface area (Å²) in [6, 6.07) is 12.4. The summed E-state index contributed by atoms with van der Waals surface area (Å²) < 4.78 is 25.7. The van der Waals surface area contributed by atoms with Crippen LogP contribution >= 0.6 is 0 Å². The summed E-state index contributed by atoms with van der Waals surface area (Å²) in [6.45, 7) is 19.8. The van der Waals surface area contributed by atoms with Crippen molar-refractivity contribution < 1.29 is 18.9 Å². The molecule has 0 saturated heterocycles. The number of ether oxygens (including phenoxy) is 4. The van der Waals surface area contributed by atoms with Crippen molar-refractivity contribution in [2.75, 3.05) is 26.4 Å². The first kappa shape index (κ1) is 26.0. The lowest BCUT2D eigenvalue weighted by Gasteiger charge is -2.23. The molecule has 0 unspecified atom stereocenters. The van der Waals surface area contributed by atoms with Gasteiger partial charge < -0.3 is 18.9 Å². The van der Waals surface area contributed by atoms with Crippen LogP contribution in [0.25, 0.3) is 21.5 Å². The molecule has 0 fully saturated rings. The average Bonchev–Trinajstić information content (AvgIpc) is 2.78. The Balaban J connectivity index is 2.38. The van der Waals surface area contributed by atoms with Gasteiger partial charge in [0, 0.05) is 10.8 Å². The third-order valence-electron chi connectivity index (χ3n) is 5.27. The zero-order valence-corrected chi connectivity index (χ0v) is 22.2. The molecular weight excluding hydrogens is 424 g/mol. The quantitative estimate of drug-likeness (QED) is 0.252. The fraction of sp³-hybridized carbons (Fsp3) is 0.533. The second-order valence-electron chi connectivity index (χ2n) is 10.8. The Hall–Kier alpha value is -2.62. The lowest BCUT2D eigenvalue weighted by atomic mass is 9.98. The molecule has 4 heteroatoms. The Kier molecular flexibility index (Phi) is 8.93. The summed E-state index contributed by atoms with van der Waals surface area (Å²) in [5, 5.41) is 3.93. The van der Waals surface area contributed by atoms with Crippen molar-refractivity contribution in [1.82, 2.24) is 0 Å². The van der Waals surface area contributed by atoms with E-state index in [1.165, 1.54) is 0 Å². The van der Waals surface area contributed by atoms with Crippen LogP contribution in [0.15, 0.2) is 36.4 Å². The number of hydrogen-bond donors (Lipinski definition) is 0. The van der Waals surface area contributed by atoms with Crippen LogP contribution in [-0.2, 0) is 0 Å². The van der Waals surface area contributed by atoms with Crippen LogP contribution in [0.4, 0.5) is 0 Å². The lowest BCUT2D eigenvalue weighted by molar-refractivity contribution is 0.259. The molecule has 0 aliphatic rings. The molecule has 3 aromatic carbocycles. The van der Waals surface area contributed by atoms with Crippen LogP contribution in [0.2, 0.25) is 0 Å². The monoisotopic (exact) mass is 466 g/mol. The molecule has 0 spiro atoms. The van der Waals surface area contributed by atoms with Crippen LogP contribution < -0.4 is 18.9 Å². The molecule has 0 heterocycles. The molecule has 3 rings (SSSR count). The molecule has 0 atom stereocenters. The van der Waals surface area contributed by atoms with E-state index in [4.69, 9.17) is 18.9 Å². The van der Waals surface area contributed by atoms with Crippen molar-refractivity contribution in [2.45, 2.75) is 55.4 Å². The van der Waals surface area contributed by atoms with Crippen molar-refractivity contribution in [3.8, 4) is 23.0 Å². The van der Waals surface area contributed by atoms with Gasteiger partial charge in [0.2, 0.25) is 0 Å². The second kappa shape index (κ2) is 11.7. The number of hydrogen-bond acceptors (Lipinski definition) is 4. The molecule has 186 valence electrons. The van der Waals surface area contributed by atoms with Gasteiger partial charge in [-0.1, -0.05) is 79.7 Å². The molecule has 0 bridgehead atoms. The summed E-state index contributed by atoms with van der Waals surface area (Å²) in [7, 11) is 0. The molecule has 0 aliphatic carbocycles. The van der Waals surface area contributed by atoms with Crippen LogP contribution in [0.3, 0.4) is 0 Å². The maximum atomic E-state index is 6.51. The van der Waals surface area contributed by atoms with Crippen molar-refractivity contribution in [3.05, 3.63) is 36.4 Å². The Labute approximate surface area is 205 Å². The summed E-state index contributed by atoms with van der Waals surface area (Å²) in [6.07, 6.45) is 0. The van der Waals surface area contributed by atoms with E-state index in [0.717, 1.165) is 44.5 Å². The van der Waals surface area contributed by atoms with Gasteiger partial charge in [-0.05, 0) is 35.8 Å².